The lowest BCUT2D eigenvalue weighted by Gasteiger charge is -2.05. The van der Waals surface area contributed by atoms with Crippen molar-refractivity contribution >= 4 is 0 Å². The minimum atomic E-state index is 0.404. The highest BCUT2D eigenvalue weighted by Gasteiger charge is 2.57. The summed E-state index contributed by atoms with van der Waals surface area (Å²) < 4.78 is 0. The monoisotopic (exact) mass is 203 g/mol. The Morgan fingerprint density at radius 2 is 2.07 bits per heavy atom. The largest absolute Gasteiger partial charge is 0.330 e. The van der Waals surface area contributed by atoms with Crippen LogP contribution in [0.15, 0.2) is 24.3 Å². The normalized spacial score (nSPS) is 27.7. The highest BCUT2D eigenvalue weighted by atomic mass is 14.7. The number of rotatable bonds is 3. The first-order valence-corrected chi connectivity index (χ1v) is 5.90. The van der Waals surface area contributed by atoms with Gasteiger partial charge in [-0.1, -0.05) is 45.0 Å². The minimum absolute atomic E-state index is 0.404. The minimum Gasteiger partial charge on any atom is -0.330 e. The highest BCUT2D eigenvalue weighted by Crippen LogP contribution is 2.63. The van der Waals surface area contributed by atoms with Gasteiger partial charge >= 0.3 is 0 Å². The van der Waals surface area contributed by atoms with Gasteiger partial charge in [-0.3, -0.25) is 0 Å². The molecule has 0 bridgehead atoms. The molecule has 2 N–H and O–H groups in total. The van der Waals surface area contributed by atoms with Crippen molar-refractivity contribution < 1.29 is 0 Å². The first-order valence-electron chi connectivity index (χ1n) is 5.90. The van der Waals surface area contributed by atoms with E-state index in [1.165, 1.54) is 11.1 Å². The van der Waals surface area contributed by atoms with Gasteiger partial charge in [0.15, 0.2) is 0 Å². The van der Waals surface area contributed by atoms with Gasteiger partial charge in [0.05, 0.1) is 0 Å². The predicted molar refractivity (Wildman–Crippen MR) is 64.9 cm³/mol. The van der Waals surface area contributed by atoms with E-state index in [-0.39, 0.29) is 0 Å². The number of hydrogen-bond acceptors (Lipinski definition) is 1. The second-order valence-corrected chi connectivity index (χ2v) is 5.24. The quantitative estimate of drug-likeness (QED) is 0.803. The number of benzene rings is 1. The second kappa shape index (κ2) is 3.64. The van der Waals surface area contributed by atoms with Crippen molar-refractivity contribution in [2.75, 3.05) is 6.54 Å². The Hall–Kier alpha value is -0.820. The molecule has 0 radical (unpaired) electrons. The van der Waals surface area contributed by atoms with Crippen molar-refractivity contribution in [2.45, 2.75) is 33.1 Å². The van der Waals surface area contributed by atoms with E-state index in [1.807, 2.05) is 0 Å². The summed E-state index contributed by atoms with van der Waals surface area (Å²) in [4.78, 5) is 0. The first-order chi connectivity index (χ1) is 7.11. The third-order valence-electron chi connectivity index (χ3n) is 4.02. The van der Waals surface area contributed by atoms with Crippen molar-refractivity contribution in [1.29, 1.82) is 0 Å². The smallest absolute Gasteiger partial charge is 0.00375 e. The molecule has 1 heteroatoms. The molecule has 0 saturated heterocycles. The number of aryl methyl sites for hydroxylation is 1. The van der Waals surface area contributed by atoms with Crippen LogP contribution in [0.1, 0.15) is 37.8 Å². The third kappa shape index (κ3) is 1.69. The van der Waals surface area contributed by atoms with Crippen molar-refractivity contribution in [2.24, 2.45) is 17.1 Å². The zero-order valence-corrected chi connectivity index (χ0v) is 9.96. The second-order valence-electron chi connectivity index (χ2n) is 5.24. The van der Waals surface area contributed by atoms with Crippen LogP contribution in [0.3, 0.4) is 0 Å². The van der Waals surface area contributed by atoms with Gasteiger partial charge < -0.3 is 5.73 Å². The Bertz CT molecular complexity index is 354. The first kappa shape index (κ1) is 10.7. The summed E-state index contributed by atoms with van der Waals surface area (Å²) in [5.74, 6) is 1.35. The van der Waals surface area contributed by atoms with Crippen LogP contribution < -0.4 is 5.73 Å². The van der Waals surface area contributed by atoms with Crippen LogP contribution in [0, 0.1) is 11.3 Å². The molecule has 82 valence electrons. The summed E-state index contributed by atoms with van der Waals surface area (Å²) in [6.07, 6.45) is 1.12. The molecule has 0 amide bonds. The lowest BCUT2D eigenvalue weighted by molar-refractivity contribution is 0.558. The van der Waals surface area contributed by atoms with E-state index < -0.39 is 0 Å². The zero-order valence-electron chi connectivity index (χ0n) is 9.96. The van der Waals surface area contributed by atoms with Gasteiger partial charge in [-0.15, -0.1) is 0 Å². The molecular formula is C14H21N. The van der Waals surface area contributed by atoms with E-state index in [2.05, 4.69) is 45.0 Å². The fourth-order valence-corrected chi connectivity index (χ4v) is 2.85. The van der Waals surface area contributed by atoms with Gasteiger partial charge in [0, 0.05) is 0 Å². The van der Waals surface area contributed by atoms with Crippen LogP contribution in [-0.4, -0.2) is 6.54 Å². The molecule has 1 saturated carbocycles. The van der Waals surface area contributed by atoms with E-state index >= 15 is 0 Å². The van der Waals surface area contributed by atoms with Gasteiger partial charge in [0.2, 0.25) is 0 Å². The lowest BCUT2D eigenvalue weighted by atomic mass is 10.0. The molecule has 1 aromatic carbocycles. The van der Waals surface area contributed by atoms with E-state index in [0.29, 0.717) is 17.3 Å². The molecule has 0 heterocycles. The molecular weight excluding hydrogens is 182 g/mol. The molecule has 2 rings (SSSR count). The molecule has 1 aliphatic carbocycles. The van der Waals surface area contributed by atoms with Gasteiger partial charge in [-0.2, -0.15) is 0 Å². The van der Waals surface area contributed by atoms with E-state index in [1.54, 1.807) is 0 Å². The summed E-state index contributed by atoms with van der Waals surface area (Å²) in [6, 6.07) is 8.98. The van der Waals surface area contributed by atoms with Crippen LogP contribution in [0.2, 0.25) is 0 Å². The summed E-state index contributed by atoms with van der Waals surface area (Å²) in [7, 11) is 0. The van der Waals surface area contributed by atoms with Crippen molar-refractivity contribution in [3.05, 3.63) is 35.4 Å². The van der Waals surface area contributed by atoms with Gasteiger partial charge in [0.25, 0.3) is 0 Å². The van der Waals surface area contributed by atoms with Crippen LogP contribution in [0.25, 0.3) is 0 Å². The van der Waals surface area contributed by atoms with Crippen LogP contribution in [-0.2, 0) is 6.42 Å². The number of nitrogens with two attached hydrogens (primary N) is 1. The van der Waals surface area contributed by atoms with Gasteiger partial charge in [-0.25, -0.2) is 0 Å². The van der Waals surface area contributed by atoms with E-state index in [4.69, 9.17) is 5.73 Å². The summed E-state index contributed by atoms with van der Waals surface area (Å²) >= 11 is 0. The molecule has 1 aromatic rings. The Labute approximate surface area is 92.7 Å². The number of hydrogen-bond donors (Lipinski definition) is 1. The highest BCUT2D eigenvalue weighted by molar-refractivity contribution is 5.34. The van der Waals surface area contributed by atoms with Crippen molar-refractivity contribution in [3.8, 4) is 0 Å². The predicted octanol–water partition coefficient (Wildman–Crippen LogP) is 2.95. The van der Waals surface area contributed by atoms with Crippen molar-refractivity contribution in [1.82, 2.24) is 0 Å². The molecule has 1 nitrogen and oxygen atoms in total. The fourth-order valence-electron chi connectivity index (χ4n) is 2.85. The van der Waals surface area contributed by atoms with Gasteiger partial charge in [0.1, 0.15) is 0 Å². The average Bonchev–Trinajstić information content (AvgIpc) is 2.80. The zero-order chi connectivity index (χ0) is 11.1. The Morgan fingerprint density at radius 3 is 2.60 bits per heavy atom. The Balaban J connectivity index is 2.24. The van der Waals surface area contributed by atoms with E-state index in [9.17, 15) is 0 Å². The lowest BCUT2D eigenvalue weighted by Crippen LogP contribution is -2.05. The molecule has 1 aliphatic rings. The fraction of sp³-hybridized carbons (Fsp3) is 0.571. The standard InChI is InChI=1S/C14H21N/c1-4-10-6-5-7-11(8-10)13-12(9-15)14(13,2)3/h5-8,12-13H,4,9,15H2,1-3H3/t12-,13-/m1/s1. The van der Waals surface area contributed by atoms with Crippen LogP contribution in [0.4, 0.5) is 0 Å². The maximum absolute atomic E-state index is 5.81. The molecule has 1 fully saturated rings. The summed E-state index contributed by atoms with van der Waals surface area (Å²) in [5, 5.41) is 0. The summed E-state index contributed by atoms with van der Waals surface area (Å²) in [6.45, 7) is 7.67. The van der Waals surface area contributed by atoms with Crippen LogP contribution >= 0.6 is 0 Å². The van der Waals surface area contributed by atoms with Crippen LogP contribution in [0.5, 0.6) is 0 Å². The maximum Gasteiger partial charge on any atom is -0.00375 e. The molecule has 0 aromatic heterocycles. The SMILES string of the molecule is CCc1cccc([C@@H]2[C@@H](CN)C2(C)C)c1. The third-order valence-corrected chi connectivity index (χ3v) is 4.02. The summed E-state index contributed by atoms with van der Waals surface area (Å²) in [5.41, 5.74) is 9.13. The Kier molecular flexibility index (Phi) is 2.59. The molecule has 0 unspecified atom stereocenters. The van der Waals surface area contributed by atoms with Crippen molar-refractivity contribution in [3.63, 3.8) is 0 Å². The topological polar surface area (TPSA) is 26.0 Å². The average molecular weight is 203 g/mol. The molecule has 2 atom stereocenters. The molecule has 15 heavy (non-hydrogen) atoms. The molecule has 0 aliphatic heterocycles. The van der Waals surface area contributed by atoms with Gasteiger partial charge in [-0.05, 0) is 41.3 Å². The maximum atomic E-state index is 5.81. The van der Waals surface area contributed by atoms with E-state index in [0.717, 1.165) is 13.0 Å². The molecule has 0 spiro atoms. The Morgan fingerprint density at radius 1 is 1.33 bits per heavy atom.